The molecule has 0 saturated carbocycles. The van der Waals surface area contributed by atoms with Gasteiger partial charge in [0.25, 0.3) is 0 Å². The lowest BCUT2D eigenvalue weighted by molar-refractivity contribution is 0.0392. The predicted molar refractivity (Wildman–Crippen MR) is 139 cm³/mol. The molecule has 6 nitrogen and oxygen atoms in total. The van der Waals surface area contributed by atoms with E-state index < -0.39 is 6.04 Å². The molecule has 36 heavy (non-hydrogen) atoms. The summed E-state index contributed by atoms with van der Waals surface area (Å²) in [6, 6.07) is 7.04. The molecule has 0 aliphatic carbocycles. The largest absolute Gasteiger partial charge is 0.511 e. The van der Waals surface area contributed by atoms with Gasteiger partial charge in [0.15, 0.2) is 0 Å². The molecule has 0 amide bonds. The van der Waals surface area contributed by atoms with E-state index in [4.69, 9.17) is 14.5 Å². The summed E-state index contributed by atoms with van der Waals surface area (Å²) in [5.74, 6) is 0.807. The van der Waals surface area contributed by atoms with E-state index in [1.54, 1.807) is 12.1 Å². The van der Waals surface area contributed by atoms with E-state index in [9.17, 15) is 9.50 Å². The quantitative estimate of drug-likeness (QED) is 0.365. The number of hydrogen-bond donors (Lipinski definition) is 2. The normalized spacial score (nSPS) is 22.5. The topological polar surface area (TPSA) is 66.9 Å². The van der Waals surface area contributed by atoms with Gasteiger partial charge in [-0.2, -0.15) is 0 Å². The van der Waals surface area contributed by atoms with Crippen molar-refractivity contribution in [2.24, 2.45) is 0 Å². The molecule has 5 rings (SSSR count). The van der Waals surface area contributed by atoms with Crippen molar-refractivity contribution in [2.75, 3.05) is 31.6 Å². The Bertz CT molecular complexity index is 1090. The summed E-state index contributed by atoms with van der Waals surface area (Å²) in [4.78, 5) is 6.95. The van der Waals surface area contributed by atoms with Gasteiger partial charge in [0.05, 0.1) is 24.9 Å². The Balaban J connectivity index is 1.13. The second-order valence-corrected chi connectivity index (χ2v) is 10.4. The fourth-order valence-electron chi connectivity index (χ4n) is 5.79. The van der Waals surface area contributed by atoms with Crippen LogP contribution in [0, 0.1) is 5.82 Å². The first-order valence-electron chi connectivity index (χ1n) is 13.4. The summed E-state index contributed by atoms with van der Waals surface area (Å²) in [7, 11) is 0. The summed E-state index contributed by atoms with van der Waals surface area (Å²) in [6.07, 6.45) is 7.02. The van der Waals surface area contributed by atoms with E-state index in [-0.39, 0.29) is 23.8 Å². The monoisotopic (exact) mass is 495 g/mol. The second kappa shape index (κ2) is 11.3. The molecule has 0 spiro atoms. The summed E-state index contributed by atoms with van der Waals surface area (Å²) < 4.78 is 26.4. The Morgan fingerprint density at radius 2 is 2.22 bits per heavy atom. The van der Waals surface area contributed by atoms with Gasteiger partial charge in [0.2, 0.25) is 0 Å². The number of halogens is 1. The van der Waals surface area contributed by atoms with Crippen molar-refractivity contribution in [3.8, 4) is 0 Å². The highest BCUT2D eigenvalue weighted by Gasteiger charge is 2.34. The van der Waals surface area contributed by atoms with Crippen LogP contribution in [0.3, 0.4) is 0 Å². The van der Waals surface area contributed by atoms with E-state index in [0.29, 0.717) is 26.2 Å². The average Bonchev–Trinajstić information content (AvgIpc) is 3.32. The Hall–Kier alpha value is -2.48. The number of nitrogens with zero attached hydrogens (tertiary/aromatic N) is 2. The van der Waals surface area contributed by atoms with E-state index in [0.717, 1.165) is 73.4 Å². The van der Waals surface area contributed by atoms with Gasteiger partial charge >= 0.3 is 0 Å². The Kier molecular flexibility index (Phi) is 7.89. The van der Waals surface area contributed by atoms with Crippen LogP contribution in [0.4, 0.5) is 10.2 Å². The number of aliphatic hydroxyl groups is 1. The summed E-state index contributed by atoms with van der Waals surface area (Å²) in [5, 5.41) is 14.0. The van der Waals surface area contributed by atoms with Gasteiger partial charge in [-0.05, 0) is 92.3 Å². The number of ether oxygens (including phenoxy) is 2. The number of anilines is 1. The fraction of sp³-hybridized carbons (Fsp3) is 0.552. The summed E-state index contributed by atoms with van der Waals surface area (Å²) in [5.41, 5.74) is 5.21. The zero-order valence-corrected chi connectivity index (χ0v) is 21.3. The molecule has 1 aromatic carbocycles. The van der Waals surface area contributed by atoms with Gasteiger partial charge in [-0.25, -0.2) is 9.37 Å². The van der Waals surface area contributed by atoms with Gasteiger partial charge in [-0.3, -0.25) is 4.90 Å². The number of aromatic nitrogens is 1. The van der Waals surface area contributed by atoms with Crippen LogP contribution in [0.25, 0.3) is 0 Å². The number of fused-ring (bicyclic) bond motifs is 2. The minimum Gasteiger partial charge on any atom is -0.511 e. The maximum absolute atomic E-state index is 14.5. The van der Waals surface area contributed by atoms with Gasteiger partial charge in [-0.15, -0.1) is 0 Å². The minimum absolute atomic E-state index is 0.0506. The molecule has 2 aromatic rings. The molecule has 2 N–H and O–H groups in total. The Morgan fingerprint density at radius 1 is 1.33 bits per heavy atom. The smallest absolute Gasteiger partial charge is 0.129 e. The molecule has 3 aliphatic rings. The SMILES string of the molecule is C=C(O)[C@H](c1cc(F)cc2c1CC(C)OC2)N1CC[C@@H](OCCCCc2ccc3c(n2)NCCC3)C1. The standard InChI is InChI=1S/C29H38FN3O3/c1-19-14-26-22(18-36-19)15-23(30)16-27(26)28(20(2)34)33-12-10-25(17-33)35-13-4-3-7-24-9-8-21-6-5-11-31-29(21)32-24/h8-9,15-16,19,25,28,34H,2-7,10-14,17-18H2,1H3,(H,31,32)/t19?,25-,28-/m1/s1. The lowest BCUT2D eigenvalue weighted by Crippen LogP contribution is -2.32. The zero-order valence-electron chi connectivity index (χ0n) is 21.3. The molecule has 7 heteroatoms. The van der Waals surface area contributed by atoms with Crippen LogP contribution in [-0.4, -0.2) is 53.4 Å². The highest BCUT2D eigenvalue weighted by molar-refractivity contribution is 5.47. The first kappa shape index (κ1) is 25.2. The van der Waals surface area contributed by atoms with E-state index in [1.165, 1.54) is 12.0 Å². The first-order chi connectivity index (χ1) is 17.5. The maximum atomic E-state index is 14.5. The predicted octanol–water partition coefficient (Wildman–Crippen LogP) is 5.27. The molecule has 1 aromatic heterocycles. The molecule has 194 valence electrons. The lowest BCUT2D eigenvalue weighted by Gasteiger charge is -2.32. The number of aliphatic hydroxyl groups excluding tert-OH is 1. The van der Waals surface area contributed by atoms with Crippen LogP contribution < -0.4 is 5.32 Å². The summed E-state index contributed by atoms with van der Waals surface area (Å²) >= 11 is 0. The van der Waals surface area contributed by atoms with Crippen LogP contribution in [0.2, 0.25) is 0 Å². The average molecular weight is 496 g/mol. The van der Waals surface area contributed by atoms with Crippen molar-refractivity contribution >= 4 is 5.82 Å². The van der Waals surface area contributed by atoms with Crippen molar-refractivity contribution in [3.63, 3.8) is 0 Å². The number of hydrogen-bond acceptors (Lipinski definition) is 6. The molecule has 3 aliphatic heterocycles. The molecule has 0 bridgehead atoms. The van der Waals surface area contributed by atoms with Crippen molar-refractivity contribution < 1.29 is 19.0 Å². The zero-order chi connectivity index (χ0) is 25.1. The third-order valence-electron chi connectivity index (χ3n) is 7.64. The number of rotatable bonds is 9. The van der Waals surface area contributed by atoms with Gasteiger partial charge in [0, 0.05) is 31.9 Å². The maximum Gasteiger partial charge on any atom is 0.129 e. The highest BCUT2D eigenvalue weighted by Crippen LogP contribution is 2.36. The molecule has 4 heterocycles. The number of aryl methyl sites for hydroxylation is 2. The van der Waals surface area contributed by atoms with Crippen LogP contribution >= 0.6 is 0 Å². The van der Waals surface area contributed by atoms with Crippen LogP contribution in [0.5, 0.6) is 0 Å². The second-order valence-electron chi connectivity index (χ2n) is 10.4. The molecular weight excluding hydrogens is 457 g/mol. The Labute approximate surface area is 213 Å². The van der Waals surface area contributed by atoms with Crippen LogP contribution in [-0.2, 0) is 35.3 Å². The van der Waals surface area contributed by atoms with Gasteiger partial charge < -0.3 is 19.9 Å². The molecule has 1 saturated heterocycles. The molecule has 0 radical (unpaired) electrons. The van der Waals surface area contributed by atoms with Gasteiger partial charge in [0.1, 0.15) is 17.4 Å². The molecule has 1 fully saturated rings. The number of unbranched alkanes of at least 4 members (excludes halogenated alkanes) is 1. The summed E-state index contributed by atoms with van der Waals surface area (Å²) in [6.45, 7) is 9.46. The third kappa shape index (κ3) is 5.74. The lowest BCUT2D eigenvalue weighted by atomic mass is 9.89. The Morgan fingerprint density at radius 3 is 3.08 bits per heavy atom. The highest BCUT2D eigenvalue weighted by atomic mass is 19.1. The third-order valence-corrected chi connectivity index (χ3v) is 7.64. The fourth-order valence-corrected chi connectivity index (χ4v) is 5.79. The number of likely N-dealkylation sites (tertiary alicyclic amines) is 1. The van der Waals surface area contributed by atoms with Crippen LogP contribution in [0.1, 0.15) is 66.6 Å². The number of pyridine rings is 1. The van der Waals surface area contributed by atoms with Crippen molar-refractivity contribution in [2.45, 2.75) is 76.7 Å². The molecular formula is C29H38FN3O3. The molecule has 1 unspecified atom stereocenters. The molecule has 3 atom stereocenters. The van der Waals surface area contributed by atoms with E-state index in [2.05, 4.69) is 28.9 Å². The first-order valence-corrected chi connectivity index (χ1v) is 13.4. The van der Waals surface area contributed by atoms with Gasteiger partial charge in [-0.1, -0.05) is 12.6 Å². The van der Waals surface area contributed by atoms with Crippen molar-refractivity contribution in [1.29, 1.82) is 0 Å². The minimum atomic E-state index is -0.433. The van der Waals surface area contributed by atoms with Crippen molar-refractivity contribution in [3.05, 3.63) is 70.4 Å². The number of benzene rings is 1. The van der Waals surface area contributed by atoms with E-state index >= 15 is 0 Å². The van der Waals surface area contributed by atoms with E-state index in [1.807, 2.05) is 6.92 Å². The van der Waals surface area contributed by atoms with Crippen LogP contribution in [0.15, 0.2) is 36.6 Å². The van der Waals surface area contributed by atoms with Crippen molar-refractivity contribution in [1.82, 2.24) is 9.88 Å². The number of nitrogens with one attached hydrogen (secondary N) is 1.